The predicted octanol–water partition coefficient (Wildman–Crippen LogP) is 3.32. The lowest BCUT2D eigenvalue weighted by molar-refractivity contribution is -0.120. The molecule has 0 saturated carbocycles. The third-order valence-corrected chi connectivity index (χ3v) is 5.27. The van der Waals surface area contributed by atoms with Crippen molar-refractivity contribution in [3.63, 3.8) is 0 Å². The van der Waals surface area contributed by atoms with Crippen LogP contribution in [0.4, 0.5) is 5.82 Å². The number of hydrogen-bond acceptors (Lipinski definition) is 6. The maximum atomic E-state index is 12.2. The Balaban J connectivity index is 1.40. The van der Waals surface area contributed by atoms with E-state index in [9.17, 15) is 4.79 Å². The third-order valence-electron chi connectivity index (χ3n) is 5.27. The van der Waals surface area contributed by atoms with Crippen LogP contribution in [0.3, 0.4) is 0 Å². The van der Waals surface area contributed by atoms with Gasteiger partial charge in [-0.25, -0.2) is 15.0 Å². The van der Waals surface area contributed by atoms with Crippen molar-refractivity contribution >= 4 is 22.9 Å². The van der Waals surface area contributed by atoms with Crippen molar-refractivity contribution in [1.82, 2.24) is 29.8 Å². The van der Waals surface area contributed by atoms with Gasteiger partial charge in [0.25, 0.3) is 0 Å². The molecule has 0 bridgehead atoms. The zero-order valence-electron chi connectivity index (χ0n) is 17.7. The number of carbonyl (C=O) groups is 1. The second kappa shape index (κ2) is 8.88. The van der Waals surface area contributed by atoms with Gasteiger partial charge in [-0.2, -0.15) is 0 Å². The number of anilines is 1. The van der Waals surface area contributed by atoms with Crippen molar-refractivity contribution in [2.45, 2.75) is 13.0 Å². The summed E-state index contributed by atoms with van der Waals surface area (Å²) >= 11 is 0. The Hall–Kier alpha value is -4.59. The van der Waals surface area contributed by atoms with Gasteiger partial charge in [-0.05, 0) is 53.6 Å². The Labute approximate surface area is 190 Å². The molecule has 3 N–H and O–H groups in total. The van der Waals surface area contributed by atoms with E-state index in [0.29, 0.717) is 24.6 Å². The number of fused-ring (bicyclic) bond motifs is 1. The summed E-state index contributed by atoms with van der Waals surface area (Å²) in [7, 11) is 0. The highest BCUT2D eigenvalue weighted by atomic mass is 16.1. The topological polar surface area (TPSA) is 112 Å². The van der Waals surface area contributed by atoms with Crippen molar-refractivity contribution in [3.05, 3.63) is 96.6 Å². The van der Waals surface area contributed by atoms with Gasteiger partial charge in [0.1, 0.15) is 11.3 Å². The van der Waals surface area contributed by atoms with Crippen LogP contribution in [-0.4, -0.2) is 30.4 Å². The lowest BCUT2D eigenvalue weighted by Crippen LogP contribution is -2.24. The Morgan fingerprint density at radius 3 is 2.48 bits per heavy atom. The number of pyridine rings is 3. The van der Waals surface area contributed by atoms with Gasteiger partial charge in [0.2, 0.25) is 5.91 Å². The number of hydrogen-bond donors (Lipinski definition) is 2. The molecule has 0 radical (unpaired) electrons. The molecule has 0 aliphatic heterocycles. The lowest BCUT2D eigenvalue weighted by Gasteiger charge is -2.11. The van der Waals surface area contributed by atoms with Gasteiger partial charge in [0.15, 0.2) is 11.5 Å². The fourth-order valence-electron chi connectivity index (χ4n) is 3.66. The van der Waals surface area contributed by atoms with Crippen LogP contribution in [0.2, 0.25) is 0 Å². The van der Waals surface area contributed by atoms with E-state index < -0.39 is 0 Å². The maximum Gasteiger partial charge on any atom is 0.224 e. The molecule has 8 heteroatoms. The third kappa shape index (κ3) is 4.27. The molecular weight excluding hydrogens is 414 g/mol. The van der Waals surface area contributed by atoms with Gasteiger partial charge in [0, 0.05) is 37.0 Å². The van der Waals surface area contributed by atoms with Crippen LogP contribution in [0.25, 0.3) is 28.2 Å². The minimum absolute atomic E-state index is 0.0498. The van der Waals surface area contributed by atoms with Crippen molar-refractivity contribution < 1.29 is 4.79 Å². The normalized spacial score (nSPS) is 10.9. The number of aromatic nitrogens is 5. The van der Waals surface area contributed by atoms with E-state index in [2.05, 4.69) is 20.3 Å². The van der Waals surface area contributed by atoms with Gasteiger partial charge in [0.05, 0.1) is 12.0 Å². The predicted molar refractivity (Wildman–Crippen MR) is 126 cm³/mol. The van der Waals surface area contributed by atoms with Crippen LogP contribution in [0, 0.1) is 0 Å². The number of carbonyl (C=O) groups excluding carboxylic acids is 1. The van der Waals surface area contributed by atoms with E-state index >= 15 is 0 Å². The average molecular weight is 435 g/mol. The van der Waals surface area contributed by atoms with Gasteiger partial charge < -0.3 is 11.1 Å². The fourth-order valence-corrected chi connectivity index (χ4v) is 3.66. The first-order chi connectivity index (χ1) is 16.2. The number of nitrogen functional groups attached to an aromatic ring is 1. The van der Waals surface area contributed by atoms with Gasteiger partial charge in [-0.15, -0.1) is 0 Å². The molecule has 5 aromatic rings. The highest BCUT2D eigenvalue weighted by Gasteiger charge is 2.17. The van der Waals surface area contributed by atoms with E-state index in [0.717, 1.165) is 33.5 Å². The minimum atomic E-state index is -0.0498. The second-order valence-electron chi connectivity index (χ2n) is 7.53. The molecule has 0 aliphatic rings. The summed E-state index contributed by atoms with van der Waals surface area (Å²) < 4.78 is 1.97. The SMILES string of the molecule is Nc1ncccc1-c1nc2cccnc2n1-c1ccc(CNC(=O)Cc2cccnc2)cc1. The van der Waals surface area contributed by atoms with Crippen LogP contribution in [0.1, 0.15) is 11.1 Å². The Morgan fingerprint density at radius 1 is 0.909 bits per heavy atom. The van der Waals surface area contributed by atoms with Crippen molar-refractivity contribution in [2.75, 3.05) is 5.73 Å². The van der Waals surface area contributed by atoms with Crippen molar-refractivity contribution in [1.29, 1.82) is 0 Å². The lowest BCUT2D eigenvalue weighted by atomic mass is 10.1. The summed E-state index contributed by atoms with van der Waals surface area (Å²) in [5, 5.41) is 2.95. The Kier molecular flexibility index (Phi) is 5.47. The molecule has 5 rings (SSSR count). The quantitative estimate of drug-likeness (QED) is 0.423. The van der Waals surface area contributed by atoms with Crippen LogP contribution < -0.4 is 11.1 Å². The second-order valence-corrected chi connectivity index (χ2v) is 7.53. The fraction of sp³-hybridized carbons (Fsp3) is 0.0800. The first kappa shape index (κ1) is 20.3. The smallest absolute Gasteiger partial charge is 0.224 e. The summed E-state index contributed by atoms with van der Waals surface area (Å²) in [6.07, 6.45) is 7.08. The molecule has 8 nitrogen and oxygen atoms in total. The van der Waals surface area contributed by atoms with Gasteiger partial charge >= 0.3 is 0 Å². The number of benzene rings is 1. The molecule has 0 aliphatic carbocycles. The minimum Gasteiger partial charge on any atom is -0.383 e. The van der Waals surface area contributed by atoms with Crippen LogP contribution >= 0.6 is 0 Å². The average Bonchev–Trinajstić information content (AvgIpc) is 3.23. The highest BCUT2D eigenvalue weighted by molar-refractivity contribution is 5.82. The Bertz CT molecular complexity index is 1410. The summed E-state index contributed by atoms with van der Waals surface area (Å²) in [6.45, 7) is 0.435. The van der Waals surface area contributed by atoms with Gasteiger partial charge in [-0.1, -0.05) is 18.2 Å². The van der Waals surface area contributed by atoms with Crippen LogP contribution in [0.15, 0.2) is 85.5 Å². The van der Waals surface area contributed by atoms with Crippen molar-refractivity contribution in [2.24, 2.45) is 0 Å². The number of nitrogens with two attached hydrogens (primary N) is 1. The molecule has 1 aromatic carbocycles. The molecule has 0 spiro atoms. The first-order valence-corrected chi connectivity index (χ1v) is 10.5. The summed E-state index contributed by atoms with van der Waals surface area (Å²) in [4.78, 5) is 29.8. The largest absolute Gasteiger partial charge is 0.383 e. The molecule has 4 aromatic heterocycles. The van der Waals surface area contributed by atoms with E-state index in [-0.39, 0.29) is 5.91 Å². The summed E-state index contributed by atoms with van der Waals surface area (Å²) in [5.74, 6) is 1.03. The number of nitrogens with one attached hydrogen (secondary N) is 1. The van der Waals surface area contributed by atoms with Crippen LogP contribution in [0.5, 0.6) is 0 Å². The number of imidazole rings is 1. The molecule has 0 fully saturated rings. The standard InChI is InChI=1S/C25H21N7O/c26-23-20(5-2-12-28-23)24-31-21-6-3-13-29-25(21)32(24)19-9-7-17(8-10-19)16-30-22(33)14-18-4-1-11-27-15-18/h1-13,15H,14,16H2,(H2,26,28)(H,30,33). The Morgan fingerprint density at radius 2 is 1.70 bits per heavy atom. The molecule has 0 unspecified atom stereocenters. The molecule has 0 atom stereocenters. The van der Waals surface area contributed by atoms with Crippen molar-refractivity contribution in [3.8, 4) is 17.1 Å². The number of nitrogens with zero attached hydrogens (tertiary/aromatic N) is 5. The highest BCUT2D eigenvalue weighted by Crippen LogP contribution is 2.30. The number of amides is 1. The van der Waals surface area contributed by atoms with Crippen LogP contribution in [-0.2, 0) is 17.8 Å². The zero-order valence-corrected chi connectivity index (χ0v) is 17.7. The molecule has 1 amide bonds. The van der Waals surface area contributed by atoms with E-state index in [1.54, 1.807) is 24.8 Å². The molecule has 33 heavy (non-hydrogen) atoms. The first-order valence-electron chi connectivity index (χ1n) is 10.5. The summed E-state index contributed by atoms with van der Waals surface area (Å²) in [5.41, 5.74) is 11.1. The summed E-state index contributed by atoms with van der Waals surface area (Å²) in [6, 6.07) is 19.1. The van der Waals surface area contributed by atoms with E-state index in [4.69, 9.17) is 10.7 Å². The molecule has 162 valence electrons. The molecular formula is C25H21N7O. The van der Waals surface area contributed by atoms with E-state index in [1.807, 2.05) is 65.2 Å². The molecule has 4 heterocycles. The van der Waals surface area contributed by atoms with E-state index in [1.165, 1.54) is 0 Å². The zero-order chi connectivity index (χ0) is 22.6. The maximum absolute atomic E-state index is 12.2. The number of rotatable bonds is 6. The molecule has 0 saturated heterocycles. The monoisotopic (exact) mass is 435 g/mol. The van der Waals surface area contributed by atoms with Gasteiger partial charge in [-0.3, -0.25) is 14.3 Å².